The fourth-order valence-corrected chi connectivity index (χ4v) is 4.62. The van der Waals surface area contributed by atoms with Gasteiger partial charge in [-0.05, 0) is 61.8 Å². The van der Waals surface area contributed by atoms with Crippen LogP contribution in [0.15, 0.2) is 48.5 Å². The van der Waals surface area contributed by atoms with Gasteiger partial charge in [0.05, 0.1) is 23.6 Å². The first-order chi connectivity index (χ1) is 17.4. The molecule has 2 saturated carbocycles. The maximum absolute atomic E-state index is 14.5. The van der Waals surface area contributed by atoms with Crippen molar-refractivity contribution in [3.05, 3.63) is 59.7 Å². The standard InChI is InChI=1S/C28H31F3N4O2/c1-26(2,31)15-21(24(36)35-27(16-32)11-12-27)34-22(23(29)30)19-5-3-17(4-6-19)18-7-9-20(10-8-18)28(13-14-28)25(33)37/h3-10,21-23,34H,11-15H2,1-2H3,(H2,33,37)(H,35,36). The second-order valence-electron chi connectivity index (χ2n) is 10.8. The summed E-state index contributed by atoms with van der Waals surface area (Å²) in [6, 6.07) is 13.2. The summed E-state index contributed by atoms with van der Waals surface area (Å²) < 4.78 is 42.7. The summed E-state index contributed by atoms with van der Waals surface area (Å²) in [5.74, 6) is -1.00. The van der Waals surface area contributed by atoms with Crippen LogP contribution in [0.3, 0.4) is 0 Å². The number of carbonyl (C=O) groups excluding carboxylic acids is 2. The zero-order valence-corrected chi connectivity index (χ0v) is 20.9. The number of alkyl halides is 3. The minimum Gasteiger partial charge on any atom is -0.369 e. The Morgan fingerprint density at radius 1 is 1.03 bits per heavy atom. The second-order valence-corrected chi connectivity index (χ2v) is 10.8. The number of benzene rings is 2. The van der Waals surface area contributed by atoms with E-state index in [0.717, 1.165) is 29.5 Å². The van der Waals surface area contributed by atoms with E-state index in [0.29, 0.717) is 12.8 Å². The lowest BCUT2D eigenvalue weighted by atomic mass is 9.92. The highest BCUT2D eigenvalue weighted by Gasteiger charge is 2.50. The number of carbonyl (C=O) groups is 2. The van der Waals surface area contributed by atoms with Gasteiger partial charge in [-0.3, -0.25) is 14.9 Å². The Morgan fingerprint density at radius 2 is 1.57 bits per heavy atom. The molecule has 37 heavy (non-hydrogen) atoms. The van der Waals surface area contributed by atoms with Crippen LogP contribution in [-0.2, 0) is 15.0 Å². The number of hydrogen-bond donors (Lipinski definition) is 3. The van der Waals surface area contributed by atoms with E-state index in [1.165, 1.54) is 13.8 Å². The molecule has 9 heteroatoms. The van der Waals surface area contributed by atoms with Gasteiger partial charge in [-0.2, -0.15) is 5.26 Å². The molecule has 0 aliphatic heterocycles. The Morgan fingerprint density at radius 3 is 1.97 bits per heavy atom. The van der Waals surface area contributed by atoms with Gasteiger partial charge in [-0.1, -0.05) is 48.5 Å². The third-order valence-corrected chi connectivity index (χ3v) is 7.23. The van der Waals surface area contributed by atoms with Gasteiger partial charge >= 0.3 is 0 Å². The molecule has 4 N–H and O–H groups in total. The largest absolute Gasteiger partial charge is 0.369 e. The van der Waals surface area contributed by atoms with Crippen molar-refractivity contribution in [2.24, 2.45) is 5.73 Å². The van der Waals surface area contributed by atoms with Crippen LogP contribution in [-0.4, -0.2) is 35.5 Å². The molecule has 2 aliphatic rings. The molecule has 2 fully saturated rings. The maximum Gasteiger partial charge on any atom is 0.257 e. The van der Waals surface area contributed by atoms with Crippen LogP contribution in [0.4, 0.5) is 13.2 Å². The molecule has 0 saturated heterocycles. The van der Waals surface area contributed by atoms with Crippen molar-refractivity contribution in [2.75, 3.05) is 0 Å². The number of nitrogens with zero attached hydrogens (tertiary/aromatic N) is 1. The summed E-state index contributed by atoms with van der Waals surface area (Å²) in [5.41, 5.74) is 4.92. The van der Waals surface area contributed by atoms with Gasteiger partial charge in [-0.15, -0.1) is 0 Å². The Kier molecular flexibility index (Phi) is 7.08. The van der Waals surface area contributed by atoms with Crippen LogP contribution in [0.2, 0.25) is 0 Å². The molecule has 0 heterocycles. The van der Waals surface area contributed by atoms with Crippen molar-refractivity contribution in [1.82, 2.24) is 10.6 Å². The van der Waals surface area contributed by atoms with Crippen molar-refractivity contribution in [2.45, 2.75) is 81.1 Å². The van der Waals surface area contributed by atoms with Crippen LogP contribution in [0.1, 0.15) is 63.1 Å². The zero-order chi connectivity index (χ0) is 27.0. The predicted molar refractivity (Wildman–Crippen MR) is 133 cm³/mol. The molecule has 0 aromatic heterocycles. The molecule has 0 radical (unpaired) electrons. The summed E-state index contributed by atoms with van der Waals surface area (Å²) in [6.45, 7) is 2.55. The molecule has 4 rings (SSSR count). The average Bonchev–Trinajstić information content (AvgIpc) is 3.77. The molecule has 2 atom stereocenters. The first kappa shape index (κ1) is 26.7. The fraction of sp³-hybridized carbons (Fsp3) is 0.464. The number of nitrogens with one attached hydrogen (secondary N) is 2. The maximum atomic E-state index is 14.5. The summed E-state index contributed by atoms with van der Waals surface area (Å²) >= 11 is 0. The van der Waals surface area contributed by atoms with Gasteiger partial charge in [0, 0.05) is 6.42 Å². The Balaban J connectivity index is 1.51. The number of nitrogens with two attached hydrogens (primary N) is 1. The van der Waals surface area contributed by atoms with E-state index in [4.69, 9.17) is 5.73 Å². The van der Waals surface area contributed by atoms with Gasteiger partial charge in [0.2, 0.25) is 11.8 Å². The molecule has 6 nitrogen and oxygen atoms in total. The summed E-state index contributed by atoms with van der Waals surface area (Å²) in [4.78, 5) is 24.6. The number of nitriles is 1. The highest BCUT2D eigenvalue weighted by molar-refractivity contribution is 5.90. The minimum absolute atomic E-state index is 0.247. The average molecular weight is 513 g/mol. The number of hydrogen-bond acceptors (Lipinski definition) is 4. The quantitative estimate of drug-likeness (QED) is 0.414. The first-order valence-corrected chi connectivity index (χ1v) is 12.4. The van der Waals surface area contributed by atoms with Gasteiger partial charge in [0.25, 0.3) is 6.43 Å². The van der Waals surface area contributed by atoms with Gasteiger partial charge in [0.1, 0.15) is 11.2 Å². The third kappa shape index (κ3) is 5.96. The van der Waals surface area contributed by atoms with E-state index in [1.54, 1.807) is 24.3 Å². The van der Waals surface area contributed by atoms with Crippen LogP contribution in [0.5, 0.6) is 0 Å². The molecule has 2 aromatic rings. The topological polar surface area (TPSA) is 108 Å². The summed E-state index contributed by atoms with van der Waals surface area (Å²) in [6.07, 6.45) is -0.780. The molecular weight excluding hydrogens is 481 g/mol. The summed E-state index contributed by atoms with van der Waals surface area (Å²) in [5, 5.41) is 14.5. The third-order valence-electron chi connectivity index (χ3n) is 7.23. The van der Waals surface area contributed by atoms with E-state index in [1.807, 2.05) is 30.3 Å². The van der Waals surface area contributed by atoms with Gasteiger partial charge in [-0.25, -0.2) is 13.2 Å². The van der Waals surface area contributed by atoms with Crippen molar-refractivity contribution in [3.8, 4) is 17.2 Å². The van der Waals surface area contributed by atoms with Crippen molar-refractivity contribution in [3.63, 3.8) is 0 Å². The lowest BCUT2D eigenvalue weighted by molar-refractivity contribution is -0.125. The lowest BCUT2D eigenvalue weighted by Crippen LogP contribution is -2.52. The smallest absolute Gasteiger partial charge is 0.257 e. The first-order valence-electron chi connectivity index (χ1n) is 12.4. The van der Waals surface area contributed by atoms with Crippen LogP contribution >= 0.6 is 0 Å². The molecule has 0 bridgehead atoms. The van der Waals surface area contributed by atoms with Crippen molar-refractivity contribution < 1.29 is 22.8 Å². The molecule has 2 amide bonds. The minimum atomic E-state index is -2.86. The monoisotopic (exact) mass is 512 g/mol. The highest BCUT2D eigenvalue weighted by atomic mass is 19.3. The number of primary amides is 1. The highest BCUT2D eigenvalue weighted by Crippen LogP contribution is 2.48. The normalized spacial score (nSPS) is 18.9. The van der Waals surface area contributed by atoms with Gasteiger partial charge in [0.15, 0.2) is 0 Å². The SMILES string of the molecule is CC(C)(F)CC(NC(c1ccc(-c2ccc(C3(C(N)=O)CC3)cc2)cc1)C(F)F)C(=O)NC1(C#N)CC1. The van der Waals surface area contributed by atoms with E-state index in [-0.39, 0.29) is 17.9 Å². The van der Waals surface area contributed by atoms with Gasteiger partial charge < -0.3 is 11.1 Å². The molecule has 2 aliphatic carbocycles. The molecular formula is C28H31F3N4O2. The van der Waals surface area contributed by atoms with Crippen molar-refractivity contribution >= 4 is 11.8 Å². The molecule has 2 aromatic carbocycles. The molecule has 0 spiro atoms. The Labute approximate surface area is 214 Å². The molecule has 196 valence electrons. The number of halogens is 3. The van der Waals surface area contributed by atoms with Crippen LogP contribution in [0.25, 0.3) is 11.1 Å². The van der Waals surface area contributed by atoms with E-state index in [2.05, 4.69) is 10.6 Å². The van der Waals surface area contributed by atoms with Crippen LogP contribution < -0.4 is 16.4 Å². The Hall–Kier alpha value is -3.38. The number of amides is 2. The lowest BCUT2D eigenvalue weighted by Gasteiger charge is -2.29. The van der Waals surface area contributed by atoms with E-state index in [9.17, 15) is 28.0 Å². The summed E-state index contributed by atoms with van der Waals surface area (Å²) in [7, 11) is 0. The molecule has 2 unspecified atom stereocenters. The second kappa shape index (κ2) is 9.82. The van der Waals surface area contributed by atoms with Crippen molar-refractivity contribution in [1.29, 1.82) is 5.26 Å². The van der Waals surface area contributed by atoms with E-state index < -0.39 is 41.0 Å². The number of rotatable bonds is 11. The predicted octanol–water partition coefficient (Wildman–Crippen LogP) is 4.45. The zero-order valence-electron chi connectivity index (χ0n) is 20.9. The van der Waals surface area contributed by atoms with E-state index >= 15 is 0 Å². The fourth-order valence-electron chi connectivity index (χ4n) is 4.62. The van der Waals surface area contributed by atoms with Crippen LogP contribution in [0, 0.1) is 11.3 Å². The Bertz CT molecular complexity index is 1190.